The Morgan fingerprint density at radius 1 is 0.451 bits per heavy atom. The second kappa shape index (κ2) is 51.3. The molecule has 2 unspecified atom stereocenters. The second-order valence-corrected chi connectivity index (χ2v) is 20.6. The molecule has 0 aromatic rings. The van der Waals surface area contributed by atoms with Gasteiger partial charge < -0.3 is 27.9 Å². The molecule has 2 atom stereocenters. The van der Waals surface area contributed by atoms with E-state index in [1.54, 1.807) is 0 Å². The minimum absolute atomic E-state index is 0.0456. The summed E-state index contributed by atoms with van der Waals surface area (Å²) in [6.07, 6.45) is 72.4. The number of phosphoric ester groups is 1. The van der Waals surface area contributed by atoms with Crippen LogP contribution in [0.4, 0.5) is 0 Å². The fraction of sp³-hybridized carbons (Fsp3) is 0.639. The normalized spacial score (nSPS) is 14.3. The van der Waals surface area contributed by atoms with Crippen LogP contribution >= 0.6 is 7.82 Å². The lowest BCUT2D eigenvalue weighted by molar-refractivity contribution is -0.870. The van der Waals surface area contributed by atoms with E-state index in [0.29, 0.717) is 23.9 Å². The third-order valence-corrected chi connectivity index (χ3v) is 12.2. The zero-order valence-corrected chi connectivity index (χ0v) is 46.5. The maximum Gasteiger partial charge on any atom is 0.306 e. The van der Waals surface area contributed by atoms with E-state index in [1.165, 1.54) is 51.4 Å². The van der Waals surface area contributed by atoms with Crippen LogP contribution in [0.25, 0.3) is 0 Å². The van der Waals surface area contributed by atoms with Crippen LogP contribution in [0.1, 0.15) is 200 Å². The smallest absolute Gasteiger partial charge is 0.306 e. The molecule has 0 rings (SSSR count). The zero-order valence-electron chi connectivity index (χ0n) is 45.6. The monoisotopic (exact) mass is 1010 g/mol. The lowest BCUT2D eigenvalue weighted by Crippen LogP contribution is -2.37. The third-order valence-electron chi connectivity index (χ3n) is 11.2. The van der Waals surface area contributed by atoms with E-state index in [4.69, 9.17) is 18.5 Å². The number of rotatable bonds is 49. The minimum atomic E-state index is -4.65. The summed E-state index contributed by atoms with van der Waals surface area (Å²) < 4.78 is 34.0. The van der Waals surface area contributed by atoms with Crippen molar-refractivity contribution in [2.75, 3.05) is 47.5 Å². The van der Waals surface area contributed by atoms with E-state index < -0.39 is 32.5 Å². The SMILES string of the molecule is CC/C=C\C/C=C\C/C=C\C/C=C\C/C=C\C/C=C\C/C=C\C/C=C\C/C=C\CCCCCC(=O)OC(COC(=O)CCCCCCC/C=C\CCCCCCCCC)COP(=O)([O-])OCC[N+](C)(C)C. The van der Waals surface area contributed by atoms with Crippen molar-refractivity contribution in [3.8, 4) is 0 Å². The van der Waals surface area contributed by atoms with Crippen LogP contribution in [0.5, 0.6) is 0 Å². The molecule has 0 aliphatic heterocycles. The maximum absolute atomic E-state index is 12.8. The molecule has 0 saturated heterocycles. The van der Waals surface area contributed by atoms with Gasteiger partial charge in [-0.05, 0) is 109 Å². The van der Waals surface area contributed by atoms with Crippen LogP contribution in [0.15, 0.2) is 122 Å². The van der Waals surface area contributed by atoms with E-state index in [1.807, 2.05) is 21.1 Å². The largest absolute Gasteiger partial charge is 0.756 e. The second-order valence-electron chi connectivity index (χ2n) is 19.2. The van der Waals surface area contributed by atoms with Crippen molar-refractivity contribution in [2.24, 2.45) is 0 Å². The molecule has 71 heavy (non-hydrogen) atoms. The Bertz CT molecular complexity index is 1610. The molecule has 0 fully saturated rings. The number of carbonyl (C=O) groups excluding carboxylic acids is 2. The van der Waals surface area contributed by atoms with Gasteiger partial charge in [-0.2, -0.15) is 0 Å². The van der Waals surface area contributed by atoms with Gasteiger partial charge in [0.15, 0.2) is 6.10 Å². The predicted molar refractivity (Wildman–Crippen MR) is 300 cm³/mol. The average Bonchev–Trinajstić information content (AvgIpc) is 3.33. The molecule has 0 amide bonds. The van der Waals surface area contributed by atoms with Crippen LogP contribution in [0, 0.1) is 0 Å². The Morgan fingerprint density at radius 2 is 0.803 bits per heavy atom. The Labute approximate surface area is 435 Å². The molecule has 9 nitrogen and oxygen atoms in total. The van der Waals surface area contributed by atoms with Gasteiger partial charge in [-0.15, -0.1) is 0 Å². The third kappa shape index (κ3) is 55.6. The van der Waals surface area contributed by atoms with Gasteiger partial charge in [0.1, 0.15) is 19.8 Å². The standard InChI is InChI=1S/C61H102NO8P/c1-6-8-10-12-14-16-18-20-22-24-25-26-27-28-29-30-31-32-33-34-35-36-37-38-40-42-44-46-48-50-52-54-61(64)70-59(58-69-71(65,66)68-56-55-62(3,4)5)57-67-60(63)53-51-49-47-45-43-41-39-23-21-19-17-15-13-11-9-7-2/h8,10,14,16,20,22-23,25-26,28-29,31-32,34-35,37-39,42,44,59H,6-7,9,11-13,15,17-19,21,24,27,30,33,36,40-41,43,45-58H2,1-5H3/b10-8-,16-14-,22-20-,26-25-,29-28-,32-31-,35-34-,38-37-,39-23-,44-42-. The first-order valence-electron chi connectivity index (χ1n) is 27.7. The number of hydrogen-bond acceptors (Lipinski definition) is 8. The van der Waals surface area contributed by atoms with Crippen molar-refractivity contribution in [1.29, 1.82) is 0 Å². The number of phosphoric acid groups is 1. The topological polar surface area (TPSA) is 111 Å². The van der Waals surface area contributed by atoms with Gasteiger partial charge in [0.05, 0.1) is 27.7 Å². The van der Waals surface area contributed by atoms with Crippen LogP contribution in [-0.2, 0) is 32.7 Å². The van der Waals surface area contributed by atoms with Crippen LogP contribution < -0.4 is 4.89 Å². The van der Waals surface area contributed by atoms with E-state index in [9.17, 15) is 19.0 Å². The highest BCUT2D eigenvalue weighted by Gasteiger charge is 2.21. The quantitative estimate of drug-likeness (QED) is 0.0195. The molecular formula is C61H102NO8P. The Morgan fingerprint density at radius 3 is 1.23 bits per heavy atom. The van der Waals surface area contributed by atoms with E-state index in [0.717, 1.165) is 109 Å². The van der Waals surface area contributed by atoms with Crippen LogP contribution in [0.2, 0.25) is 0 Å². The first-order valence-corrected chi connectivity index (χ1v) is 29.2. The number of ether oxygens (including phenoxy) is 2. The van der Waals surface area contributed by atoms with Gasteiger partial charge >= 0.3 is 11.9 Å². The number of nitrogens with zero attached hydrogens (tertiary/aromatic N) is 1. The molecule has 10 heteroatoms. The Kier molecular flexibility index (Phi) is 48.7. The molecular weight excluding hydrogens is 906 g/mol. The van der Waals surface area contributed by atoms with Crippen molar-refractivity contribution < 1.29 is 42.1 Å². The fourth-order valence-corrected chi connectivity index (χ4v) is 7.66. The minimum Gasteiger partial charge on any atom is -0.756 e. The molecule has 404 valence electrons. The average molecular weight is 1010 g/mol. The predicted octanol–water partition coefficient (Wildman–Crippen LogP) is 16.6. The molecule has 0 bridgehead atoms. The van der Waals surface area contributed by atoms with Crippen molar-refractivity contribution in [1.82, 2.24) is 0 Å². The van der Waals surface area contributed by atoms with Gasteiger partial charge in [-0.1, -0.05) is 200 Å². The van der Waals surface area contributed by atoms with E-state index in [-0.39, 0.29) is 26.1 Å². The van der Waals surface area contributed by atoms with Crippen LogP contribution in [-0.4, -0.2) is 70.0 Å². The summed E-state index contributed by atoms with van der Waals surface area (Å²) in [6, 6.07) is 0. The van der Waals surface area contributed by atoms with Crippen LogP contribution in [0.3, 0.4) is 0 Å². The fourth-order valence-electron chi connectivity index (χ4n) is 6.94. The highest BCUT2D eigenvalue weighted by molar-refractivity contribution is 7.45. The summed E-state index contributed by atoms with van der Waals surface area (Å²) >= 11 is 0. The number of esters is 2. The summed E-state index contributed by atoms with van der Waals surface area (Å²) in [4.78, 5) is 37.8. The van der Waals surface area contributed by atoms with Crippen molar-refractivity contribution in [3.63, 3.8) is 0 Å². The number of quaternary nitrogens is 1. The molecule has 0 aliphatic rings. The molecule has 0 radical (unpaired) electrons. The number of likely N-dealkylation sites (N-methyl/N-ethyl adjacent to an activating group) is 1. The van der Waals surface area contributed by atoms with Crippen molar-refractivity contribution in [3.05, 3.63) is 122 Å². The molecule has 0 aromatic carbocycles. The lowest BCUT2D eigenvalue weighted by Gasteiger charge is -2.28. The molecule has 0 aliphatic carbocycles. The number of hydrogen-bond donors (Lipinski definition) is 0. The summed E-state index contributed by atoms with van der Waals surface area (Å²) in [7, 11) is 1.12. The lowest BCUT2D eigenvalue weighted by atomic mass is 10.1. The van der Waals surface area contributed by atoms with Crippen molar-refractivity contribution in [2.45, 2.75) is 206 Å². The van der Waals surface area contributed by atoms with E-state index >= 15 is 0 Å². The molecule has 0 N–H and O–H groups in total. The summed E-state index contributed by atoms with van der Waals surface area (Å²) in [5.41, 5.74) is 0. The first-order chi connectivity index (χ1) is 34.5. The highest BCUT2D eigenvalue weighted by atomic mass is 31.2. The maximum atomic E-state index is 12.8. The van der Waals surface area contributed by atoms with E-state index in [2.05, 4.69) is 135 Å². The molecule has 0 spiro atoms. The van der Waals surface area contributed by atoms with Crippen molar-refractivity contribution >= 4 is 19.8 Å². The summed E-state index contributed by atoms with van der Waals surface area (Å²) in [5.74, 6) is -0.891. The van der Waals surface area contributed by atoms with Gasteiger partial charge in [0.25, 0.3) is 7.82 Å². The van der Waals surface area contributed by atoms with Gasteiger partial charge in [-0.3, -0.25) is 14.2 Å². The zero-order chi connectivity index (χ0) is 52.0. The Balaban J connectivity index is 4.32. The summed E-state index contributed by atoms with van der Waals surface area (Å²) in [6.45, 7) is 4.05. The van der Waals surface area contributed by atoms with Gasteiger partial charge in [0.2, 0.25) is 0 Å². The molecule has 0 saturated carbocycles. The number of carbonyl (C=O) groups is 2. The van der Waals surface area contributed by atoms with Gasteiger partial charge in [-0.25, -0.2) is 0 Å². The highest BCUT2D eigenvalue weighted by Crippen LogP contribution is 2.38. The van der Waals surface area contributed by atoms with Gasteiger partial charge in [0, 0.05) is 12.8 Å². The molecule has 0 aromatic heterocycles. The summed E-state index contributed by atoms with van der Waals surface area (Å²) in [5, 5.41) is 0. The Hall–Kier alpha value is -3.59. The number of unbranched alkanes of at least 4 members (excludes halogenated alkanes) is 15. The molecule has 0 heterocycles. The number of allylic oxidation sites excluding steroid dienone is 20. The first kappa shape index (κ1) is 67.4.